The second-order valence-electron chi connectivity index (χ2n) is 5.61. The van der Waals surface area contributed by atoms with Gasteiger partial charge in [0.15, 0.2) is 0 Å². The molecule has 0 aliphatic carbocycles. The quantitative estimate of drug-likeness (QED) is 0.716. The molecule has 0 saturated carbocycles. The molecule has 21 heavy (non-hydrogen) atoms. The smallest absolute Gasteiger partial charge is 0.321 e. The minimum absolute atomic E-state index is 0.0645. The monoisotopic (exact) mass is 386 g/mol. The zero-order valence-electron chi connectivity index (χ0n) is 11.5. The summed E-state index contributed by atoms with van der Waals surface area (Å²) in [6.45, 7) is 2.80. The van der Waals surface area contributed by atoms with Crippen LogP contribution in [0.3, 0.4) is 0 Å². The van der Waals surface area contributed by atoms with E-state index >= 15 is 0 Å². The second-order valence-corrected chi connectivity index (χ2v) is 8.04. The summed E-state index contributed by atoms with van der Waals surface area (Å²) in [6.07, 6.45) is -5.61. The number of rotatable bonds is 5. The van der Waals surface area contributed by atoms with Gasteiger partial charge in [-0.25, -0.2) is 4.39 Å². The van der Waals surface area contributed by atoms with Crippen molar-refractivity contribution in [3.8, 4) is 6.07 Å². The van der Waals surface area contributed by atoms with E-state index in [1.807, 2.05) is 0 Å². The highest BCUT2D eigenvalue weighted by Gasteiger charge is 2.41. The van der Waals surface area contributed by atoms with Gasteiger partial charge in [0.05, 0.1) is 32.1 Å². The van der Waals surface area contributed by atoms with Gasteiger partial charge in [-0.1, -0.05) is 0 Å². The third-order valence-corrected chi connectivity index (χ3v) is 5.12. The molecule has 0 aromatic carbocycles. The third kappa shape index (κ3) is 5.24. The van der Waals surface area contributed by atoms with Crippen molar-refractivity contribution >= 4 is 27.3 Å². The van der Waals surface area contributed by atoms with Gasteiger partial charge in [-0.2, -0.15) is 18.4 Å². The van der Waals surface area contributed by atoms with Gasteiger partial charge < -0.3 is 5.73 Å². The lowest BCUT2D eigenvalue weighted by atomic mass is 9.79. The summed E-state index contributed by atoms with van der Waals surface area (Å²) in [4.78, 5) is 0.265. The number of thiophene rings is 1. The lowest BCUT2D eigenvalue weighted by Gasteiger charge is -2.29. The molecule has 0 amide bonds. The van der Waals surface area contributed by atoms with Crippen molar-refractivity contribution < 1.29 is 17.6 Å². The molecule has 0 radical (unpaired) electrons. The molecule has 1 aromatic rings. The van der Waals surface area contributed by atoms with Gasteiger partial charge in [0.25, 0.3) is 0 Å². The molecule has 2 atom stereocenters. The van der Waals surface area contributed by atoms with E-state index in [2.05, 4.69) is 15.9 Å². The Balaban J connectivity index is 2.85. The van der Waals surface area contributed by atoms with Crippen molar-refractivity contribution in [2.45, 2.75) is 44.8 Å². The summed E-state index contributed by atoms with van der Waals surface area (Å²) >= 11 is 4.25. The molecule has 8 heteroatoms. The van der Waals surface area contributed by atoms with Gasteiger partial charge >= 0.3 is 6.18 Å². The summed E-state index contributed by atoms with van der Waals surface area (Å²) in [5.41, 5.74) is 3.35. The lowest BCUT2D eigenvalue weighted by molar-refractivity contribution is -0.151. The molecule has 1 heterocycles. The van der Waals surface area contributed by atoms with Gasteiger partial charge in [0, 0.05) is 0 Å². The van der Waals surface area contributed by atoms with E-state index in [1.54, 1.807) is 13.0 Å². The first-order chi connectivity index (χ1) is 9.38. The van der Waals surface area contributed by atoms with Gasteiger partial charge in [0.1, 0.15) is 5.82 Å². The maximum Gasteiger partial charge on any atom is 0.390 e. The molecule has 0 fully saturated rings. The summed E-state index contributed by atoms with van der Waals surface area (Å²) in [7, 11) is 0. The van der Waals surface area contributed by atoms with Gasteiger partial charge in [-0.15, -0.1) is 11.3 Å². The van der Waals surface area contributed by atoms with Gasteiger partial charge in [-0.05, 0) is 48.7 Å². The fourth-order valence-electron chi connectivity index (χ4n) is 2.01. The molecule has 1 unspecified atom stereocenters. The molecule has 2 nitrogen and oxygen atoms in total. The highest BCUT2D eigenvalue weighted by Crippen LogP contribution is 2.41. The molecule has 1 aromatic heterocycles. The maximum atomic E-state index is 13.7. The molecule has 1 rings (SSSR count). The van der Waals surface area contributed by atoms with Crippen molar-refractivity contribution in [2.75, 3.05) is 0 Å². The standard InChI is InChI=1S/C13H15BrF4N2S/c1-11(7-19,6-13(16,17)18)3-4-12(2,20)10-8(15)5-9(14)21-10/h5H,3-4,6,20H2,1-2H3/t11?,12-/m0/s1. The van der Waals surface area contributed by atoms with Crippen LogP contribution in [0.4, 0.5) is 17.6 Å². The first kappa shape index (κ1) is 18.4. The second kappa shape index (κ2) is 6.23. The Morgan fingerprint density at radius 2 is 1.90 bits per heavy atom. The van der Waals surface area contributed by atoms with Crippen LogP contribution >= 0.6 is 27.3 Å². The van der Waals surface area contributed by atoms with Crippen LogP contribution in [0.25, 0.3) is 0 Å². The third-order valence-electron chi connectivity index (χ3n) is 3.23. The number of hydrogen-bond acceptors (Lipinski definition) is 3. The number of alkyl halides is 3. The summed E-state index contributed by atoms with van der Waals surface area (Å²) < 4.78 is 51.8. The minimum atomic E-state index is -4.42. The average Bonchev–Trinajstić information content (AvgIpc) is 2.65. The summed E-state index contributed by atoms with van der Waals surface area (Å²) in [5.74, 6) is -0.494. The van der Waals surface area contributed by atoms with Crippen molar-refractivity contribution in [1.29, 1.82) is 5.26 Å². The van der Waals surface area contributed by atoms with Crippen LogP contribution < -0.4 is 5.73 Å². The normalized spacial score (nSPS) is 17.9. The Hall–Kier alpha value is -0.650. The summed E-state index contributed by atoms with van der Waals surface area (Å²) in [6, 6.07) is 2.97. The van der Waals surface area contributed by atoms with Crippen molar-refractivity contribution in [1.82, 2.24) is 0 Å². The van der Waals surface area contributed by atoms with E-state index in [0.717, 1.165) is 11.3 Å². The molecular formula is C13H15BrF4N2S. The Bertz CT molecular complexity index is 547. The highest BCUT2D eigenvalue weighted by atomic mass is 79.9. The SMILES string of the molecule is CC(C#N)(CC[C@](C)(N)c1sc(Br)cc1F)CC(F)(F)F. The zero-order valence-corrected chi connectivity index (χ0v) is 13.9. The van der Waals surface area contributed by atoms with Gasteiger partial charge in [-0.3, -0.25) is 0 Å². The Morgan fingerprint density at radius 3 is 2.29 bits per heavy atom. The zero-order chi connectivity index (χ0) is 16.5. The largest absolute Gasteiger partial charge is 0.390 e. The van der Waals surface area contributed by atoms with E-state index in [1.165, 1.54) is 13.0 Å². The van der Waals surface area contributed by atoms with Crippen LogP contribution in [0, 0.1) is 22.6 Å². The molecule has 0 saturated heterocycles. The molecule has 2 N–H and O–H groups in total. The highest BCUT2D eigenvalue weighted by molar-refractivity contribution is 9.11. The molecule has 0 aliphatic rings. The topological polar surface area (TPSA) is 49.8 Å². The van der Waals surface area contributed by atoms with E-state index in [-0.39, 0.29) is 17.7 Å². The molecule has 0 spiro atoms. The fraction of sp³-hybridized carbons (Fsp3) is 0.615. The van der Waals surface area contributed by atoms with Crippen LogP contribution in [-0.2, 0) is 5.54 Å². The molecule has 118 valence electrons. The van der Waals surface area contributed by atoms with Crippen LogP contribution in [0.2, 0.25) is 0 Å². The predicted octanol–water partition coefficient (Wildman–Crippen LogP) is 5.09. The van der Waals surface area contributed by atoms with E-state index < -0.39 is 29.4 Å². The Kier molecular flexibility index (Phi) is 5.45. The van der Waals surface area contributed by atoms with Crippen molar-refractivity contribution in [3.63, 3.8) is 0 Å². The van der Waals surface area contributed by atoms with Crippen LogP contribution in [0.15, 0.2) is 9.85 Å². The van der Waals surface area contributed by atoms with Crippen LogP contribution in [0.5, 0.6) is 0 Å². The maximum absolute atomic E-state index is 13.7. The number of nitrogens with zero attached hydrogens (tertiary/aromatic N) is 1. The minimum Gasteiger partial charge on any atom is -0.321 e. The number of halogens is 5. The first-order valence-electron chi connectivity index (χ1n) is 6.11. The van der Waals surface area contributed by atoms with Crippen LogP contribution in [0.1, 0.15) is 38.0 Å². The van der Waals surface area contributed by atoms with E-state index in [0.29, 0.717) is 3.79 Å². The Labute approximate surface area is 133 Å². The molecule has 0 bridgehead atoms. The number of hydrogen-bond donors (Lipinski definition) is 1. The van der Waals surface area contributed by atoms with Crippen molar-refractivity contribution in [2.24, 2.45) is 11.1 Å². The Morgan fingerprint density at radius 1 is 1.33 bits per heavy atom. The molecule has 0 aliphatic heterocycles. The number of nitriles is 1. The van der Waals surface area contributed by atoms with Gasteiger partial charge in [0.2, 0.25) is 0 Å². The average molecular weight is 387 g/mol. The molecular weight excluding hydrogens is 372 g/mol. The lowest BCUT2D eigenvalue weighted by Crippen LogP contribution is -2.35. The number of nitrogens with two attached hydrogens (primary N) is 1. The van der Waals surface area contributed by atoms with Crippen LogP contribution in [-0.4, -0.2) is 6.18 Å². The van der Waals surface area contributed by atoms with Crippen molar-refractivity contribution in [3.05, 3.63) is 20.5 Å². The fourth-order valence-corrected chi connectivity index (χ4v) is 3.54. The summed E-state index contributed by atoms with van der Waals surface area (Å²) in [5, 5.41) is 9.00. The van der Waals surface area contributed by atoms with E-state index in [4.69, 9.17) is 11.0 Å². The van der Waals surface area contributed by atoms with E-state index in [9.17, 15) is 17.6 Å². The predicted molar refractivity (Wildman–Crippen MR) is 77.1 cm³/mol. The first-order valence-corrected chi connectivity index (χ1v) is 7.72.